The van der Waals surface area contributed by atoms with Gasteiger partial charge in [0.25, 0.3) is 0 Å². The number of alkyl halides is 1. The Morgan fingerprint density at radius 1 is 1.32 bits per heavy atom. The number of hydrogen-bond acceptors (Lipinski definition) is 8. The molecule has 0 amide bonds. The summed E-state index contributed by atoms with van der Waals surface area (Å²) in [6.45, 7) is 2.13. The maximum absolute atomic E-state index is 13.9. The van der Waals surface area contributed by atoms with E-state index in [1.807, 2.05) is 6.07 Å². The molecule has 2 aliphatic heterocycles. The van der Waals surface area contributed by atoms with E-state index in [0.717, 1.165) is 11.4 Å². The molecule has 0 spiro atoms. The zero-order valence-corrected chi connectivity index (χ0v) is 15.3. The fraction of sp³-hybridized carbons (Fsp3) is 0.444. The van der Waals surface area contributed by atoms with Crippen molar-refractivity contribution in [3.05, 3.63) is 30.2 Å². The summed E-state index contributed by atoms with van der Waals surface area (Å²) in [5.41, 5.74) is 2.88. The Bertz CT molecular complexity index is 1010. The van der Waals surface area contributed by atoms with Gasteiger partial charge in [-0.1, -0.05) is 0 Å². The molecule has 3 aromatic heterocycles. The van der Waals surface area contributed by atoms with Gasteiger partial charge in [0, 0.05) is 25.4 Å². The van der Waals surface area contributed by atoms with E-state index in [4.69, 9.17) is 14.6 Å². The maximum atomic E-state index is 13.9. The first kappa shape index (κ1) is 17.3. The standard InChI is InChI=1S/C18H20FN7O2/c1-27-15-4-16-22-7-14(26(16)25-17(15)10-8-28-9-10)12-2-3-21-18(23-12)24-13-6-20-5-11(13)19/h2-4,7,10-11,13,20H,5-6,8-9H2,1H3,(H,21,23,24). The van der Waals surface area contributed by atoms with Crippen molar-refractivity contribution in [2.75, 3.05) is 38.7 Å². The minimum atomic E-state index is -0.968. The second kappa shape index (κ2) is 6.95. The molecule has 2 atom stereocenters. The lowest BCUT2D eigenvalue weighted by molar-refractivity contribution is 0.00530. The Morgan fingerprint density at radius 3 is 2.93 bits per heavy atom. The monoisotopic (exact) mass is 385 g/mol. The molecule has 2 N–H and O–H groups in total. The number of methoxy groups -OCH3 is 1. The molecular formula is C18H20FN7O2. The van der Waals surface area contributed by atoms with Gasteiger partial charge in [-0.3, -0.25) is 0 Å². The van der Waals surface area contributed by atoms with Crippen LogP contribution in [0.15, 0.2) is 24.5 Å². The van der Waals surface area contributed by atoms with E-state index in [9.17, 15) is 4.39 Å². The summed E-state index contributed by atoms with van der Waals surface area (Å²) in [7, 11) is 1.62. The fourth-order valence-corrected chi connectivity index (χ4v) is 3.45. The van der Waals surface area contributed by atoms with Crippen molar-refractivity contribution in [2.45, 2.75) is 18.1 Å². The van der Waals surface area contributed by atoms with Crippen LogP contribution >= 0.6 is 0 Å². The van der Waals surface area contributed by atoms with Crippen LogP contribution in [0.25, 0.3) is 17.0 Å². The van der Waals surface area contributed by atoms with Crippen molar-refractivity contribution in [1.29, 1.82) is 0 Å². The molecule has 0 aliphatic carbocycles. The van der Waals surface area contributed by atoms with Gasteiger partial charge < -0.3 is 20.1 Å². The molecule has 146 valence electrons. The number of nitrogens with zero attached hydrogens (tertiary/aromatic N) is 5. The molecule has 5 heterocycles. The molecule has 10 heteroatoms. The van der Waals surface area contributed by atoms with Gasteiger partial charge in [-0.05, 0) is 6.07 Å². The quantitative estimate of drug-likeness (QED) is 0.672. The molecule has 2 unspecified atom stereocenters. The summed E-state index contributed by atoms with van der Waals surface area (Å²) in [6, 6.07) is 3.31. The molecule has 5 rings (SSSR count). The van der Waals surface area contributed by atoms with Gasteiger partial charge in [0.15, 0.2) is 5.65 Å². The van der Waals surface area contributed by atoms with Gasteiger partial charge in [-0.2, -0.15) is 5.10 Å². The van der Waals surface area contributed by atoms with Crippen molar-refractivity contribution < 1.29 is 13.9 Å². The van der Waals surface area contributed by atoms with E-state index in [1.165, 1.54) is 0 Å². The molecule has 0 bridgehead atoms. The van der Waals surface area contributed by atoms with Crippen LogP contribution in [0.2, 0.25) is 0 Å². The maximum Gasteiger partial charge on any atom is 0.223 e. The molecular weight excluding hydrogens is 365 g/mol. The molecule has 0 aromatic carbocycles. The number of aromatic nitrogens is 5. The smallest absolute Gasteiger partial charge is 0.223 e. The third-order valence-corrected chi connectivity index (χ3v) is 5.10. The molecule has 2 saturated heterocycles. The second-order valence-corrected chi connectivity index (χ2v) is 6.94. The summed E-state index contributed by atoms with van der Waals surface area (Å²) in [5.74, 6) is 1.28. The van der Waals surface area contributed by atoms with Crippen LogP contribution in [0.4, 0.5) is 10.3 Å². The lowest BCUT2D eigenvalue weighted by atomic mass is 10.0. The van der Waals surface area contributed by atoms with Gasteiger partial charge in [0.1, 0.15) is 23.3 Å². The number of imidazole rings is 1. The Hall–Kier alpha value is -2.85. The Balaban J connectivity index is 1.51. The summed E-state index contributed by atoms with van der Waals surface area (Å²) >= 11 is 0. The van der Waals surface area contributed by atoms with Crippen molar-refractivity contribution >= 4 is 11.6 Å². The van der Waals surface area contributed by atoms with E-state index in [2.05, 4.69) is 25.6 Å². The Morgan fingerprint density at radius 2 is 2.21 bits per heavy atom. The van der Waals surface area contributed by atoms with Crippen LogP contribution in [0.3, 0.4) is 0 Å². The summed E-state index contributed by atoms with van der Waals surface area (Å²) < 4.78 is 26.4. The summed E-state index contributed by atoms with van der Waals surface area (Å²) in [6.07, 6.45) is 2.39. The number of ether oxygens (including phenoxy) is 2. The van der Waals surface area contributed by atoms with Gasteiger partial charge in [0.05, 0.1) is 44.2 Å². The highest BCUT2D eigenvalue weighted by atomic mass is 19.1. The lowest BCUT2D eigenvalue weighted by Crippen LogP contribution is -2.30. The Labute approximate surface area is 160 Å². The predicted octanol–water partition coefficient (Wildman–Crippen LogP) is 1.03. The van der Waals surface area contributed by atoms with Crippen LogP contribution < -0.4 is 15.4 Å². The van der Waals surface area contributed by atoms with E-state index < -0.39 is 6.17 Å². The first-order valence-electron chi connectivity index (χ1n) is 9.18. The minimum Gasteiger partial charge on any atom is -0.495 e. The SMILES string of the molecule is COc1cc2ncc(-c3ccnc(NC4CNCC4F)n3)n2nc1C1COC1. The second-order valence-electron chi connectivity index (χ2n) is 6.94. The van der Waals surface area contributed by atoms with Crippen LogP contribution in [0, 0.1) is 0 Å². The molecule has 2 fully saturated rings. The van der Waals surface area contributed by atoms with Crippen LogP contribution in [0.5, 0.6) is 5.75 Å². The van der Waals surface area contributed by atoms with Crippen molar-refractivity contribution in [1.82, 2.24) is 29.9 Å². The largest absolute Gasteiger partial charge is 0.495 e. The molecule has 2 aliphatic rings. The van der Waals surface area contributed by atoms with E-state index in [0.29, 0.717) is 49.3 Å². The lowest BCUT2D eigenvalue weighted by Gasteiger charge is -2.26. The number of hydrogen-bond donors (Lipinski definition) is 2. The molecule has 28 heavy (non-hydrogen) atoms. The van der Waals surface area contributed by atoms with Crippen molar-refractivity contribution in [2.24, 2.45) is 0 Å². The third-order valence-electron chi connectivity index (χ3n) is 5.10. The van der Waals surface area contributed by atoms with Crippen molar-refractivity contribution in [3.63, 3.8) is 0 Å². The average Bonchev–Trinajstić information content (AvgIpc) is 3.26. The highest BCUT2D eigenvalue weighted by molar-refractivity contribution is 5.61. The highest BCUT2D eigenvalue weighted by Crippen LogP contribution is 2.31. The molecule has 9 nitrogen and oxygen atoms in total. The average molecular weight is 385 g/mol. The van der Waals surface area contributed by atoms with E-state index in [-0.39, 0.29) is 12.0 Å². The Kier molecular flexibility index (Phi) is 4.29. The third kappa shape index (κ3) is 2.94. The summed E-state index contributed by atoms with van der Waals surface area (Å²) in [4.78, 5) is 13.2. The molecule has 3 aromatic rings. The minimum absolute atomic E-state index is 0.202. The van der Waals surface area contributed by atoms with E-state index >= 15 is 0 Å². The summed E-state index contributed by atoms with van der Waals surface area (Å²) in [5, 5.41) is 10.8. The molecule has 0 radical (unpaired) electrons. The topological polar surface area (TPSA) is 98.5 Å². The predicted molar refractivity (Wildman–Crippen MR) is 99.3 cm³/mol. The number of fused-ring (bicyclic) bond motifs is 1. The number of nitrogens with one attached hydrogen (secondary N) is 2. The first-order chi connectivity index (χ1) is 13.7. The number of rotatable bonds is 5. The van der Waals surface area contributed by atoms with Crippen LogP contribution in [0.1, 0.15) is 11.6 Å². The van der Waals surface area contributed by atoms with Gasteiger partial charge in [-0.15, -0.1) is 0 Å². The van der Waals surface area contributed by atoms with Gasteiger partial charge in [-0.25, -0.2) is 23.9 Å². The normalized spacial score (nSPS) is 22.4. The van der Waals surface area contributed by atoms with E-state index in [1.54, 1.807) is 30.1 Å². The number of halogens is 1. The number of anilines is 1. The highest BCUT2D eigenvalue weighted by Gasteiger charge is 2.28. The van der Waals surface area contributed by atoms with Gasteiger partial charge >= 0.3 is 0 Å². The molecule has 0 saturated carbocycles. The zero-order chi connectivity index (χ0) is 19.1. The van der Waals surface area contributed by atoms with Gasteiger partial charge in [0.2, 0.25) is 5.95 Å². The van der Waals surface area contributed by atoms with Crippen LogP contribution in [-0.4, -0.2) is 70.2 Å². The fourth-order valence-electron chi connectivity index (χ4n) is 3.45. The van der Waals surface area contributed by atoms with Crippen molar-refractivity contribution in [3.8, 4) is 17.1 Å². The zero-order valence-electron chi connectivity index (χ0n) is 15.3. The van der Waals surface area contributed by atoms with Crippen LogP contribution in [-0.2, 0) is 4.74 Å². The first-order valence-corrected chi connectivity index (χ1v) is 9.18.